The van der Waals surface area contributed by atoms with E-state index in [2.05, 4.69) is 5.32 Å². The predicted molar refractivity (Wildman–Crippen MR) is 67.9 cm³/mol. The number of benzene rings is 1. The van der Waals surface area contributed by atoms with Gasteiger partial charge in [-0.15, -0.1) is 0 Å². The third kappa shape index (κ3) is 2.81. The molecule has 3 N–H and O–H groups in total. The fourth-order valence-corrected chi connectivity index (χ4v) is 2.32. The average Bonchev–Trinajstić information content (AvgIpc) is 2.78. The highest BCUT2D eigenvalue weighted by atomic mass is 16.5. The van der Waals surface area contributed by atoms with Crippen LogP contribution in [0, 0.1) is 5.92 Å². The summed E-state index contributed by atoms with van der Waals surface area (Å²) in [5, 5.41) is 3.44. The summed E-state index contributed by atoms with van der Waals surface area (Å²) in [6.07, 6.45) is 5.47. The lowest BCUT2D eigenvalue weighted by molar-refractivity contribution is 0.415. The number of nitrogens with one attached hydrogen (secondary N) is 1. The number of ether oxygens (including phenoxy) is 1. The van der Waals surface area contributed by atoms with E-state index in [9.17, 15) is 0 Å². The molecule has 3 heteroatoms. The van der Waals surface area contributed by atoms with Crippen LogP contribution in [-0.4, -0.2) is 13.7 Å². The molecule has 0 heterocycles. The van der Waals surface area contributed by atoms with Crippen molar-refractivity contribution in [2.75, 3.05) is 24.7 Å². The molecule has 1 aromatic carbocycles. The minimum absolute atomic E-state index is 0.744. The maximum atomic E-state index is 5.80. The maximum Gasteiger partial charge on any atom is 0.122 e. The summed E-state index contributed by atoms with van der Waals surface area (Å²) in [6, 6.07) is 5.78. The maximum absolute atomic E-state index is 5.80. The smallest absolute Gasteiger partial charge is 0.122 e. The van der Waals surface area contributed by atoms with Gasteiger partial charge in [0.15, 0.2) is 0 Å². The van der Waals surface area contributed by atoms with E-state index in [1.807, 2.05) is 18.2 Å². The zero-order chi connectivity index (χ0) is 11.4. The van der Waals surface area contributed by atoms with Crippen LogP contribution in [0.25, 0.3) is 0 Å². The van der Waals surface area contributed by atoms with Gasteiger partial charge in [0.25, 0.3) is 0 Å². The standard InChI is InChI=1S/C13H20N2O/c1-16-13-7-11(14)6-12(8-13)15-9-10-4-2-3-5-10/h6-8,10,15H,2-5,9,14H2,1H3. The van der Waals surface area contributed by atoms with E-state index in [4.69, 9.17) is 10.5 Å². The number of hydrogen-bond acceptors (Lipinski definition) is 3. The molecule has 0 aromatic heterocycles. The van der Waals surface area contributed by atoms with E-state index in [0.717, 1.165) is 29.6 Å². The summed E-state index contributed by atoms with van der Waals surface area (Å²) >= 11 is 0. The second kappa shape index (κ2) is 5.10. The van der Waals surface area contributed by atoms with Gasteiger partial charge in [0.2, 0.25) is 0 Å². The molecule has 16 heavy (non-hydrogen) atoms. The van der Waals surface area contributed by atoms with Crippen molar-refractivity contribution in [1.82, 2.24) is 0 Å². The summed E-state index contributed by atoms with van der Waals surface area (Å²) in [5.74, 6) is 1.64. The summed E-state index contributed by atoms with van der Waals surface area (Å²) in [7, 11) is 1.66. The highest BCUT2D eigenvalue weighted by Gasteiger charge is 2.14. The van der Waals surface area contributed by atoms with Crippen LogP contribution in [-0.2, 0) is 0 Å². The van der Waals surface area contributed by atoms with Gasteiger partial charge in [0.05, 0.1) is 7.11 Å². The van der Waals surface area contributed by atoms with Crippen LogP contribution in [0.2, 0.25) is 0 Å². The van der Waals surface area contributed by atoms with Gasteiger partial charge < -0.3 is 15.8 Å². The van der Waals surface area contributed by atoms with Crippen molar-refractivity contribution in [2.24, 2.45) is 5.92 Å². The molecule has 88 valence electrons. The Morgan fingerprint density at radius 1 is 1.31 bits per heavy atom. The van der Waals surface area contributed by atoms with Gasteiger partial charge in [0, 0.05) is 30.1 Å². The third-order valence-electron chi connectivity index (χ3n) is 3.23. The van der Waals surface area contributed by atoms with E-state index in [-0.39, 0.29) is 0 Å². The van der Waals surface area contributed by atoms with Crippen molar-refractivity contribution in [2.45, 2.75) is 25.7 Å². The fourth-order valence-electron chi connectivity index (χ4n) is 2.32. The van der Waals surface area contributed by atoms with E-state index < -0.39 is 0 Å². The predicted octanol–water partition coefficient (Wildman–Crippen LogP) is 2.88. The average molecular weight is 220 g/mol. The molecule has 0 saturated heterocycles. The molecule has 1 fully saturated rings. The second-order valence-electron chi connectivity index (χ2n) is 4.53. The number of nitrogens with two attached hydrogens (primary N) is 1. The third-order valence-corrected chi connectivity index (χ3v) is 3.23. The zero-order valence-corrected chi connectivity index (χ0v) is 9.83. The highest BCUT2D eigenvalue weighted by Crippen LogP contribution is 2.26. The van der Waals surface area contributed by atoms with Gasteiger partial charge in [-0.25, -0.2) is 0 Å². The van der Waals surface area contributed by atoms with Crippen LogP contribution in [0.5, 0.6) is 5.75 Å². The lowest BCUT2D eigenvalue weighted by Gasteiger charge is -2.13. The number of hydrogen-bond donors (Lipinski definition) is 2. The van der Waals surface area contributed by atoms with Crippen molar-refractivity contribution in [3.05, 3.63) is 18.2 Å². The molecular formula is C13H20N2O. The summed E-state index contributed by atoms with van der Waals surface area (Å²) in [6.45, 7) is 1.05. The fraction of sp³-hybridized carbons (Fsp3) is 0.538. The molecule has 2 rings (SSSR count). The summed E-state index contributed by atoms with van der Waals surface area (Å²) in [4.78, 5) is 0. The molecule has 0 amide bonds. The molecule has 0 unspecified atom stereocenters. The van der Waals surface area contributed by atoms with Crippen molar-refractivity contribution < 1.29 is 4.74 Å². The lowest BCUT2D eigenvalue weighted by Crippen LogP contribution is -2.11. The SMILES string of the molecule is COc1cc(N)cc(NCC2CCCC2)c1. The van der Waals surface area contributed by atoms with Crippen molar-refractivity contribution >= 4 is 11.4 Å². The Labute approximate surface area is 97.0 Å². The van der Waals surface area contributed by atoms with E-state index in [0.29, 0.717) is 0 Å². The first-order valence-electron chi connectivity index (χ1n) is 5.96. The molecule has 0 radical (unpaired) electrons. The molecular weight excluding hydrogens is 200 g/mol. The van der Waals surface area contributed by atoms with Crippen LogP contribution in [0.4, 0.5) is 11.4 Å². The van der Waals surface area contributed by atoms with Crippen LogP contribution in [0.1, 0.15) is 25.7 Å². The quantitative estimate of drug-likeness (QED) is 0.767. The Bertz CT molecular complexity index is 346. The van der Waals surface area contributed by atoms with Gasteiger partial charge in [-0.3, -0.25) is 0 Å². The number of nitrogen functional groups attached to an aromatic ring is 1. The monoisotopic (exact) mass is 220 g/mol. The van der Waals surface area contributed by atoms with Crippen molar-refractivity contribution in [1.29, 1.82) is 0 Å². The van der Waals surface area contributed by atoms with Gasteiger partial charge >= 0.3 is 0 Å². The van der Waals surface area contributed by atoms with Gasteiger partial charge in [-0.05, 0) is 24.8 Å². The van der Waals surface area contributed by atoms with E-state index >= 15 is 0 Å². The van der Waals surface area contributed by atoms with Gasteiger partial charge in [0.1, 0.15) is 5.75 Å². The Morgan fingerprint density at radius 2 is 2.06 bits per heavy atom. The molecule has 0 spiro atoms. The summed E-state index contributed by atoms with van der Waals surface area (Å²) in [5.41, 5.74) is 7.60. The van der Waals surface area contributed by atoms with Gasteiger partial charge in [-0.1, -0.05) is 12.8 Å². The first-order valence-corrected chi connectivity index (χ1v) is 5.96. The Hall–Kier alpha value is -1.38. The van der Waals surface area contributed by atoms with Crippen LogP contribution < -0.4 is 15.8 Å². The number of rotatable bonds is 4. The molecule has 1 aromatic rings. The Balaban J connectivity index is 1.94. The molecule has 1 saturated carbocycles. The van der Waals surface area contributed by atoms with E-state index in [1.54, 1.807) is 7.11 Å². The Kier molecular flexibility index (Phi) is 3.54. The molecule has 1 aliphatic rings. The normalized spacial score (nSPS) is 16.3. The van der Waals surface area contributed by atoms with Crippen LogP contribution >= 0.6 is 0 Å². The minimum atomic E-state index is 0.744. The molecule has 3 nitrogen and oxygen atoms in total. The van der Waals surface area contributed by atoms with Crippen molar-refractivity contribution in [3.8, 4) is 5.75 Å². The topological polar surface area (TPSA) is 47.3 Å². The number of methoxy groups -OCH3 is 1. The largest absolute Gasteiger partial charge is 0.497 e. The van der Waals surface area contributed by atoms with Crippen molar-refractivity contribution in [3.63, 3.8) is 0 Å². The first-order chi connectivity index (χ1) is 7.78. The lowest BCUT2D eigenvalue weighted by atomic mass is 10.1. The van der Waals surface area contributed by atoms with Crippen LogP contribution in [0.3, 0.4) is 0 Å². The number of anilines is 2. The first kappa shape index (κ1) is 11.1. The Morgan fingerprint density at radius 3 is 2.75 bits per heavy atom. The highest BCUT2D eigenvalue weighted by molar-refractivity contribution is 5.59. The molecule has 0 atom stereocenters. The van der Waals surface area contributed by atoms with E-state index in [1.165, 1.54) is 25.7 Å². The molecule has 1 aliphatic carbocycles. The van der Waals surface area contributed by atoms with Crippen LogP contribution in [0.15, 0.2) is 18.2 Å². The van der Waals surface area contributed by atoms with Gasteiger partial charge in [-0.2, -0.15) is 0 Å². The zero-order valence-electron chi connectivity index (χ0n) is 9.83. The summed E-state index contributed by atoms with van der Waals surface area (Å²) < 4.78 is 5.19. The molecule has 0 bridgehead atoms. The minimum Gasteiger partial charge on any atom is -0.497 e. The second-order valence-corrected chi connectivity index (χ2v) is 4.53. The molecule has 0 aliphatic heterocycles.